The Labute approximate surface area is 203 Å². The van der Waals surface area contributed by atoms with Crippen LogP contribution in [-0.4, -0.2) is 53.6 Å². The molecule has 1 atom stereocenters. The summed E-state index contributed by atoms with van der Waals surface area (Å²) >= 11 is 6.12. The fourth-order valence-corrected chi connectivity index (χ4v) is 5.42. The van der Waals surface area contributed by atoms with E-state index in [1.807, 2.05) is 23.1 Å². The fourth-order valence-electron chi connectivity index (χ4n) is 5.24. The molecule has 0 radical (unpaired) electrons. The Kier molecular flexibility index (Phi) is 6.95. The minimum atomic E-state index is -0.702. The summed E-state index contributed by atoms with van der Waals surface area (Å²) in [5, 5.41) is 3.37. The molecule has 10 heteroatoms. The summed E-state index contributed by atoms with van der Waals surface area (Å²) in [7, 11) is 1.55. The Hall–Kier alpha value is -2.91. The first-order valence-electron chi connectivity index (χ1n) is 11.5. The van der Waals surface area contributed by atoms with E-state index >= 15 is 0 Å². The highest BCUT2D eigenvalue weighted by atomic mass is 35.5. The number of carbonyl (C=O) groups excluding carboxylic acids is 3. The summed E-state index contributed by atoms with van der Waals surface area (Å²) in [5.74, 6) is -1.04. The predicted octanol–water partition coefficient (Wildman–Crippen LogP) is 2.94. The highest BCUT2D eigenvalue weighted by molar-refractivity contribution is 6.31. The predicted molar refractivity (Wildman–Crippen MR) is 128 cm³/mol. The van der Waals surface area contributed by atoms with E-state index in [0.29, 0.717) is 43.9 Å². The van der Waals surface area contributed by atoms with Crippen LogP contribution in [0.4, 0.5) is 5.69 Å². The second-order valence-electron chi connectivity index (χ2n) is 9.24. The van der Waals surface area contributed by atoms with Gasteiger partial charge in [0.15, 0.2) is 5.69 Å². The number of imidazole rings is 1. The van der Waals surface area contributed by atoms with Gasteiger partial charge in [0.1, 0.15) is 5.69 Å². The molecule has 1 aliphatic heterocycles. The smallest absolute Gasteiger partial charge is 0.272 e. The summed E-state index contributed by atoms with van der Waals surface area (Å²) in [5.41, 5.74) is 6.17. The summed E-state index contributed by atoms with van der Waals surface area (Å²) in [6, 6.07) is 7.05. The Morgan fingerprint density at radius 2 is 2.06 bits per heavy atom. The zero-order valence-electron chi connectivity index (χ0n) is 19.4. The first kappa shape index (κ1) is 24.2. The number of amides is 3. The quantitative estimate of drug-likeness (QED) is 0.622. The number of nitrogens with two attached hydrogens (primary N) is 1. The molecule has 3 amide bonds. The van der Waals surface area contributed by atoms with Crippen LogP contribution in [0.2, 0.25) is 5.02 Å². The Balaban J connectivity index is 1.48. The molecule has 1 unspecified atom stereocenters. The minimum Gasteiger partial charge on any atom is -0.383 e. The third kappa shape index (κ3) is 4.54. The molecule has 0 bridgehead atoms. The van der Waals surface area contributed by atoms with Crippen molar-refractivity contribution in [2.45, 2.75) is 51.1 Å². The summed E-state index contributed by atoms with van der Waals surface area (Å²) in [6.45, 7) is 2.79. The number of primary amides is 1. The number of rotatable bonds is 7. The van der Waals surface area contributed by atoms with Gasteiger partial charge in [0, 0.05) is 36.4 Å². The molecule has 1 aromatic heterocycles. The monoisotopic (exact) mass is 487 g/mol. The van der Waals surface area contributed by atoms with Gasteiger partial charge in [-0.25, -0.2) is 4.98 Å². The van der Waals surface area contributed by atoms with Gasteiger partial charge < -0.3 is 25.3 Å². The molecule has 34 heavy (non-hydrogen) atoms. The van der Waals surface area contributed by atoms with Gasteiger partial charge in [-0.15, -0.1) is 0 Å². The van der Waals surface area contributed by atoms with Crippen molar-refractivity contribution in [1.29, 1.82) is 0 Å². The number of nitrogens with zero attached hydrogens (tertiary/aromatic N) is 3. The first-order valence-corrected chi connectivity index (χ1v) is 11.9. The van der Waals surface area contributed by atoms with Crippen LogP contribution in [0.5, 0.6) is 0 Å². The van der Waals surface area contributed by atoms with Gasteiger partial charge in [-0.3, -0.25) is 14.4 Å². The molecule has 2 fully saturated rings. The van der Waals surface area contributed by atoms with Gasteiger partial charge in [-0.1, -0.05) is 17.7 Å². The molecule has 1 saturated carbocycles. The number of ether oxygens (including phenoxy) is 1. The van der Waals surface area contributed by atoms with Crippen LogP contribution in [0.3, 0.4) is 0 Å². The molecule has 9 nitrogen and oxygen atoms in total. The molecule has 1 saturated heterocycles. The average Bonchev–Trinajstić information content (AvgIpc) is 3.37. The molecular weight excluding hydrogens is 458 g/mol. The van der Waals surface area contributed by atoms with Gasteiger partial charge in [0.2, 0.25) is 5.91 Å². The third-order valence-corrected chi connectivity index (χ3v) is 7.21. The highest BCUT2D eigenvalue weighted by Crippen LogP contribution is 2.49. The summed E-state index contributed by atoms with van der Waals surface area (Å²) in [6.07, 6.45) is 5.04. The number of methoxy groups -OCH3 is 1. The van der Waals surface area contributed by atoms with E-state index in [2.05, 4.69) is 10.3 Å². The number of hydrogen-bond acceptors (Lipinski definition) is 5. The molecule has 3 N–H and O–H groups in total. The number of aromatic nitrogens is 2. The van der Waals surface area contributed by atoms with Crippen LogP contribution in [0.25, 0.3) is 0 Å². The largest absolute Gasteiger partial charge is 0.383 e. The van der Waals surface area contributed by atoms with Crippen molar-refractivity contribution in [3.8, 4) is 0 Å². The zero-order chi connectivity index (χ0) is 24.5. The van der Waals surface area contributed by atoms with Crippen molar-refractivity contribution in [2.24, 2.45) is 11.1 Å². The van der Waals surface area contributed by atoms with Gasteiger partial charge in [0.05, 0.1) is 18.3 Å². The fraction of sp³-hybridized carbons (Fsp3) is 0.500. The second kappa shape index (κ2) is 9.76. The van der Waals surface area contributed by atoms with Crippen LogP contribution < -0.4 is 16.0 Å². The van der Waals surface area contributed by atoms with Crippen LogP contribution in [-0.2, 0) is 9.53 Å². The lowest BCUT2D eigenvalue weighted by molar-refractivity contribution is -0.127. The normalized spacial score (nSPS) is 23.3. The van der Waals surface area contributed by atoms with Crippen LogP contribution >= 0.6 is 11.6 Å². The van der Waals surface area contributed by atoms with Crippen LogP contribution in [0.1, 0.15) is 66.0 Å². The van der Waals surface area contributed by atoms with Crippen molar-refractivity contribution < 1.29 is 19.1 Å². The van der Waals surface area contributed by atoms with Gasteiger partial charge in [-0.2, -0.15) is 0 Å². The molecule has 2 heterocycles. The maximum absolute atomic E-state index is 13.4. The molecule has 2 aromatic rings. The van der Waals surface area contributed by atoms with E-state index in [9.17, 15) is 14.4 Å². The highest BCUT2D eigenvalue weighted by Gasteiger charge is 2.49. The maximum atomic E-state index is 13.4. The first-order chi connectivity index (χ1) is 16.3. The molecular formula is C24H30ClN5O4. The van der Waals surface area contributed by atoms with Crippen LogP contribution in [0, 0.1) is 5.41 Å². The summed E-state index contributed by atoms with van der Waals surface area (Å²) in [4.78, 5) is 44.4. The van der Waals surface area contributed by atoms with E-state index in [4.69, 9.17) is 22.1 Å². The molecule has 1 aromatic carbocycles. The topological polar surface area (TPSA) is 120 Å². The lowest BCUT2D eigenvalue weighted by Crippen LogP contribution is -2.39. The molecule has 1 spiro atoms. The van der Waals surface area contributed by atoms with E-state index in [1.165, 1.54) is 6.33 Å². The van der Waals surface area contributed by atoms with Crippen molar-refractivity contribution in [3.05, 3.63) is 47.0 Å². The second-order valence-corrected chi connectivity index (χ2v) is 9.68. The molecule has 182 valence electrons. The van der Waals surface area contributed by atoms with E-state index in [0.717, 1.165) is 12.1 Å². The van der Waals surface area contributed by atoms with E-state index in [1.54, 1.807) is 24.7 Å². The Morgan fingerprint density at radius 1 is 1.32 bits per heavy atom. The maximum Gasteiger partial charge on any atom is 0.272 e. The van der Waals surface area contributed by atoms with Crippen molar-refractivity contribution in [3.63, 3.8) is 0 Å². The number of carbonyl (C=O) groups is 3. The SMILES string of the molecule is COCC(C)NC(=O)c1ncn(C2CCC3(CC2)CCN(c2cccc(Cl)c2)C3=O)c1C(N)=O. The number of nitrogens with one attached hydrogen (secondary N) is 1. The molecule has 1 aliphatic carbocycles. The van der Waals surface area contributed by atoms with Crippen molar-refractivity contribution in [1.82, 2.24) is 14.9 Å². The van der Waals surface area contributed by atoms with E-state index < -0.39 is 17.2 Å². The lowest BCUT2D eigenvalue weighted by Gasteiger charge is -2.36. The van der Waals surface area contributed by atoms with Gasteiger partial charge >= 0.3 is 0 Å². The number of benzene rings is 1. The average molecular weight is 488 g/mol. The van der Waals surface area contributed by atoms with Crippen LogP contribution in [0.15, 0.2) is 30.6 Å². The Morgan fingerprint density at radius 3 is 2.71 bits per heavy atom. The number of halogens is 1. The lowest BCUT2D eigenvalue weighted by atomic mass is 9.71. The number of anilines is 1. The summed E-state index contributed by atoms with van der Waals surface area (Å²) < 4.78 is 6.75. The number of hydrogen-bond donors (Lipinski definition) is 2. The standard InChI is InChI=1S/C24H30ClN5O4/c1-15(13-34-2)28-22(32)19-20(21(26)31)30(14-27-19)17-6-8-24(9-7-17)10-11-29(23(24)33)18-5-3-4-16(25)12-18/h3-5,12,14-15,17H,6-11,13H2,1-2H3,(H2,26,31)(H,28,32). The van der Waals surface area contributed by atoms with Gasteiger partial charge in [-0.05, 0) is 57.2 Å². The van der Waals surface area contributed by atoms with E-state index in [-0.39, 0.29) is 29.4 Å². The zero-order valence-corrected chi connectivity index (χ0v) is 20.2. The molecule has 2 aliphatic rings. The van der Waals surface area contributed by atoms with Crippen molar-refractivity contribution >= 4 is 35.0 Å². The Bertz CT molecular complexity index is 1090. The third-order valence-electron chi connectivity index (χ3n) is 6.97. The molecule has 4 rings (SSSR count). The van der Waals surface area contributed by atoms with Crippen molar-refractivity contribution in [2.75, 3.05) is 25.2 Å². The minimum absolute atomic E-state index is 0.0137. The van der Waals surface area contributed by atoms with Gasteiger partial charge in [0.25, 0.3) is 11.8 Å².